The largest absolute Gasteiger partial charge is 0.492 e. The van der Waals surface area contributed by atoms with E-state index in [1.165, 1.54) is 6.07 Å². The molecule has 28 heavy (non-hydrogen) atoms. The number of hydrogen-bond acceptors (Lipinski definition) is 5. The highest BCUT2D eigenvalue weighted by Gasteiger charge is 2.52. The molecule has 1 aliphatic heterocycles. The van der Waals surface area contributed by atoms with Crippen LogP contribution >= 0.6 is 0 Å². The average Bonchev–Trinajstić information content (AvgIpc) is 2.71. The van der Waals surface area contributed by atoms with Crippen LogP contribution in [0.3, 0.4) is 0 Å². The Morgan fingerprint density at radius 1 is 1.25 bits per heavy atom. The third-order valence-corrected chi connectivity index (χ3v) is 4.83. The standard InChI is InChI=1S/C20H30BFN2O4/c1-13-14(9-10-16(22)24-13)11-15(12-23-17(25)26-18(2,3)4)21-27-19(5,6)20(7,8)28-21/h9-11H,12H2,1-8H3,(H,23,25). The fraction of sp³-hybridized carbons (Fsp3) is 0.600. The zero-order chi connectivity index (χ0) is 21.3. The molecule has 1 aromatic rings. The smallest absolute Gasteiger partial charge is 0.444 e. The molecule has 1 amide bonds. The van der Waals surface area contributed by atoms with Gasteiger partial charge in [0.15, 0.2) is 0 Å². The monoisotopic (exact) mass is 392 g/mol. The molecule has 0 bridgehead atoms. The second-order valence-electron chi connectivity index (χ2n) is 8.97. The Kier molecular flexibility index (Phi) is 6.26. The number of carbonyl (C=O) groups excluding carboxylic acids is 1. The van der Waals surface area contributed by atoms with Gasteiger partial charge in [-0.25, -0.2) is 9.78 Å². The SMILES string of the molecule is Cc1nc(F)ccc1C=C(CNC(=O)OC(C)(C)C)B1OC(C)(C)C(C)(C)O1. The molecule has 2 rings (SSSR count). The lowest BCUT2D eigenvalue weighted by molar-refractivity contribution is 0.00578. The lowest BCUT2D eigenvalue weighted by Crippen LogP contribution is -2.41. The van der Waals surface area contributed by atoms with Crippen molar-refractivity contribution in [3.05, 3.63) is 34.8 Å². The molecule has 6 nitrogen and oxygen atoms in total. The minimum atomic E-state index is -0.663. The zero-order valence-electron chi connectivity index (χ0n) is 18.0. The molecule has 154 valence electrons. The van der Waals surface area contributed by atoms with Crippen LogP contribution in [0.25, 0.3) is 6.08 Å². The first kappa shape index (κ1) is 22.4. The molecule has 1 N–H and O–H groups in total. The minimum Gasteiger partial charge on any atom is -0.444 e. The maximum atomic E-state index is 13.3. The number of ether oxygens (including phenoxy) is 1. The lowest BCUT2D eigenvalue weighted by Gasteiger charge is -2.32. The summed E-state index contributed by atoms with van der Waals surface area (Å²) >= 11 is 0. The first-order chi connectivity index (χ1) is 12.7. The Bertz CT molecular complexity index is 756. The summed E-state index contributed by atoms with van der Waals surface area (Å²) in [7, 11) is -0.663. The van der Waals surface area contributed by atoms with Crippen molar-refractivity contribution < 1.29 is 23.2 Å². The van der Waals surface area contributed by atoms with Gasteiger partial charge in [0.1, 0.15) is 5.60 Å². The van der Waals surface area contributed by atoms with Crippen LogP contribution in [0.4, 0.5) is 9.18 Å². The van der Waals surface area contributed by atoms with Crippen molar-refractivity contribution in [2.75, 3.05) is 6.54 Å². The van der Waals surface area contributed by atoms with Crippen molar-refractivity contribution in [1.29, 1.82) is 0 Å². The lowest BCUT2D eigenvalue weighted by atomic mass is 9.77. The molecule has 1 aliphatic rings. The minimum absolute atomic E-state index is 0.155. The molecule has 0 aromatic carbocycles. The second-order valence-corrected chi connectivity index (χ2v) is 8.97. The first-order valence-corrected chi connectivity index (χ1v) is 9.36. The highest BCUT2D eigenvalue weighted by atomic mass is 19.1. The van der Waals surface area contributed by atoms with Gasteiger partial charge in [-0.15, -0.1) is 0 Å². The van der Waals surface area contributed by atoms with Crippen LogP contribution in [0.2, 0.25) is 0 Å². The third-order valence-electron chi connectivity index (χ3n) is 4.83. The fourth-order valence-corrected chi connectivity index (χ4v) is 2.58. The number of amides is 1. The number of rotatable bonds is 4. The van der Waals surface area contributed by atoms with Crippen LogP contribution in [-0.2, 0) is 14.0 Å². The molecule has 0 atom stereocenters. The number of pyridine rings is 1. The van der Waals surface area contributed by atoms with Crippen molar-refractivity contribution in [3.8, 4) is 0 Å². The summed E-state index contributed by atoms with van der Waals surface area (Å²) in [4.78, 5) is 15.9. The van der Waals surface area contributed by atoms with Crippen LogP contribution in [-0.4, -0.2) is 41.5 Å². The van der Waals surface area contributed by atoms with Gasteiger partial charge < -0.3 is 19.4 Å². The maximum absolute atomic E-state index is 13.3. The van der Waals surface area contributed by atoms with E-state index < -0.39 is 36.0 Å². The van der Waals surface area contributed by atoms with E-state index in [4.69, 9.17) is 14.0 Å². The molecule has 0 saturated carbocycles. The van der Waals surface area contributed by atoms with Crippen LogP contribution in [0, 0.1) is 12.9 Å². The van der Waals surface area contributed by atoms with Crippen LogP contribution in [0.5, 0.6) is 0 Å². The quantitative estimate of drug-likeness (QED) is 0.618. The number of nitrogens with one attached hydrogen (secondary N) is 1. The Balaban J connectivity index is 2.28. The van der Waals surface area contributed by atoms with Crippen LogP contribution < -0.4 is 5.32 Å². The summed E-state index contributed by atoms with van der Waals surface area (Å²) in [6.45, 7) is 15.1. The molecule has 2 heterocycles. The van der Waals surface area contributed by atoms with Gasteiger partial charge in [-0.3, -0.25) is 0 Å². The van der Waals surface area contributed by atoms with Gasteiger partial charge >= 0.3 is 13.2 Å². The van der Waals surface area contributed by atoms with E-state index in [2.05, 4.69) is 10.3 Å². The van der Waals surface area contributed by atoms with E-state index in [-0.39, 0.29) is 6.54 Å². The third kappa shape index (κ3) is 5.55. The number of hydrogen-bond donors (Lipinski definition) is 1. The molecule has 1 aromatic heterocycles. The van der Waals surface area contributed by atoms with Crippen LogP contribution in [0.15, 0.2) is 17.6 Å². The van der Waals surface area contributed by atoms with Crippen molar-refractivity contribution in [1.82, 2.24) is 10.3 Å². The molecule has 0 radical (unpaired) electrons. The average molecular weight is 392 g/mol. The molecule has 1 fully saturated rings. The number of aromatic nitrogens is 1. The Labute approximate surface area is 167 Å². The Hall–Kier alpha value is -1.93. The van der Waals surface area contributed by atoms with Gasteiger partial charge in [-0.2, -0.15) is 4.39 Å². The van der Waals surface area contributed by atoms with E-state index in [9.17, 15) is 9.18 Å². The Morgan fingerprint density at radius 2 is 1.82 bits per heavy atom. The number of alkyl carbamates (subject to hydrolysis) is 1. The van der Waals surface area contributed by atoms with E-state index in [0.29, 0.717) is 11.2 Å². The molecule has 1 saturated heterocycles. The normalized spacial score (nSPS) is 18.9. The topological polar surface area (TPSA) is 69.7 Å². The Morgan fingerprint density at radius 3 is 2.32 bits per heavy atom. The number of halogens is 1. The van der Waals surface area contributed by atoms with Gasteiger partial charge in [0.2, 0.25) is 5.95 Å². The number of nitrogens with zero attached hydrogens (tertiary/aromatic N) is 1. The van der Waals surface area contributed by atoms with Gasteiger partial charge in [0, 0.05) is 12.2 Å². The van der Waals surface area contributed by atoms with Crippen molar-refractivity contribution in [2.24, 2.45) is 0 Å². The first-order valence-electron chi connectivity index (χ1n) is 9.36. The van der Waals surface area contributed by atoms with E-state index in [1.54, 1.807) is 39.8 Å². The van der Waals surface area contributed by atoms with Crippen molar-refractivity contribution >= 4 is 19.3 Å². The molecule has 0 spiro atoms. The zero-order valence-corrected chi connectivity index (χ0v) is 18.0. The summed E-state index contributed by atoms with van der Waals surface area (Å²) in [5.41, 5.74) is 0.275. The van der Waals surface area contributed by atoms with E-state index in [1.807, 2.05) is 27.7 Å². The highest BCUT2D eigenvalue weighted by molar-refractivity contribution is 6.56. The summed E-state index contributed by atoms with van der Waals surface area (Å²) < 4.78 is 30.9. The summed E-state index contributed by atoms with van der Waals surface area (Å²) in [5, 5.41) is 2.74. The summed E-state index contributed by atoms with van der Waals surface area (Å²) in [6, 6.07) is 2.93. The van der Waals surface area contributed by atoms with Gasteiger partial charge in [-0.1, -0.05) is 6.08 Å². The second kappa shape index (κ2) is 7.83. The molecule has 8 heteroatoms. The van der Waals surface area contributed by atoms with Gasteiger partial charge in [0.05, 0.1) is 11.2 Å². The van der Waals surface area contributed by atoms with Crippen LogP contribution in [0.1, 0.15) is 59.7 Å². The van der Waals surface area contributed by atoms with Gasteiger partial charge in [0.25, 0.3) is 0 Å². The predicted molar refractivity (Wildman–Crippen MR) is 107 cm³/mol. The summed E-state index contributed by atoms with van der Waals surface area (Å²) in [6.07, 6.45) is 1.27. The van der Waals surface area contributed by atoms with E-state index in [0.717, 1.165) is 5.56 Å². The number of carbonyl (C=O) groups is 1. The predicted octanol–water partition coefficient (Wildman–Crippen LogP) is 4.07. The van der Waals surface area contributed by atoms with E-state index >= 15 is 0 Å². The van der Waals surface area contributed by atoms with Crippen molar-refractivity contribution in [3.63, 3.8) is 0 Å². The molecular formula is C20H30BFN2O4. The molecular weight excluding hydrogens is 362 g/mol. The van der Waals surface area contributed by atoms with Crippen molar-refractivity contribution in [2.45, 2.75) is 72.2 Å². The highest BCUT2D eigenvalue weighted by Crippen LogP contribution is 2.38. The van der Waals surface area contributed by atoms with Gasteiger partial charge in [-0.05, 0) is 78.6 Å². The molecule has 0 unspecified atom stereocenters. The molecule has 0 aliphatic carbocycles. The number of aryl methyl sites for hydroxylation is 1. The fourth-order valence-electron chi connectivity index (χ4n) is 2.58. The maximum Gasteiger partial charge on any atom is 0.492 e. The summed E-state index contributed by atoms with van der Waals surface area (Å²) in [5.74, 6) is -0.543.